The Morgan fingerprint density at radius 1 is 1.12 bits per heavy atom. The highest BCUT2D eigenvalue weighted by Gasteiger charge is 2.29. The maximum absolute atomic E-state index is 13.5. The molecule has 5 aromatic rings. The average molecular weight is 457 g/mol. The minimum Gasteiger partial charge on any atom is -0.450 e. The Labute approximate surface area is 194 Å². The van der Waals surface area contributed by atoms with Gasteiger partial charge in [-0.15, -0.1) is 0 Å². The highest BCUT2D eigenvalue weighted by molar-refractivity contribution is 6.05. The van der Waals surface area contributed by atoms with E-state index in [1.807, 2.05) is 25.4 Å². The summed E-state index contributed by atoms with van der Waals surface area (Å²) in [5.74, 6) is 0. The van der Waals surface area contributed by atoms with Crippen LogP contribution in [-0.2, 0) is 11.8 Å². The lowest BCUT2D eigenvalue weighted by Crippen LogP contribution is -2.34. The van der Waals surface area contributed by atoms with Crippen LogP contribution in [0.2, 0.25) is 0 Å². The molecule has 0 amide bonds. The molecule has 2 unspecified atom stereocenters. The maximum Gasteiger partial charge on any atom is 0.349 e. The van der Waals surface area contributed by atoms with Crippen LogP contribution in [0.3, 0.4) is 0 Å². The lowest BCUT2D eigenvalue weighted by Gasteiger charge is -2.30. The topological polar surface area (TPSA) is 114 Å². The second-order valence-electron chi connectivity index (χ2n) is 8.55. The molecular formula is C24H23N7O3. The van der Waals surface area contributed by atoms with Gasteiger partial charge in [0.1, 0.15) is 23.1 Å². The highest BCUT2D eigenvalue weighted by atomic mass is 16.5. The van der Waals surface area contributed by atoms with Gasteiger partial charge in [-0.3, -0.25) is 9.25 Å². The normalized spacial score (nSPS) is 18.6. The molecule has 0 spiro atoms. The molecule has 1 aliphatic rings. The van der Waals surface area contributed by atoms with Crippen molar-refractivity contribution in [1.29, 1.82) is 0 Å². The van der Waals surface area contributed by atoms with Crippen LogP contribution in [0, 0.1) is 0 Å². The smallest absolute Gasteiger partial charge is 0.349 e. The van der Waals surface area contributed by atoms with Crippen LogP contribution in [0.1, 0.15) is 32.2 Å². The van der Waals surface area contributed by atoms with E-state index < -0.39 is 0 Å². The molecule has 2 atom stereocenters. The van der Waals surface area contributed by atoms with Crippen LogP contribution in [0.25, 0.3) is 44.7 Å². The van der Waals surface area contributed by atoms with E-state index in [4.69, 9.17) is 14.1 Å². The van der Waals surface area contributed by atoms with E-state index >= 15 is 0 Å². The Bertz CT molecular complexity index is 1550. The largest absolute Gasteiger partial charge is 0.450 e. The van der Waals surface area contributed by atoms with E-state index in [1.165, 1.54) is 6.33 Å². The van der Waals surface area contributed by atoms with E-state index in [1.54, 1.807) is 27.8 Å². The van der Waals surface area contributed by atoms with Gasteiger partial charge in [0.05, 0.1) is 18.0 Å². The number of fused-ring (bicyclic) bond motifs is 3. The van der Waals surface area contributed by atoms with Crippen molar-refractivity contribution in [3.63, 3.8) is 0 Å². The molecule has 0 aromatic carbocycles. The van der Waals surface area contributed by atoms with Gasteiger partial charge in [-0.25, -0.2) is 19.7 Å². The van der Waals surface area contributed by atoms with Gasteiger partial charge in [0.2, 0.25) is 0 Å². The Hall–Kier alpha value is -3.92. The van der Waals surface area contributed by atoms with Gasteiger partial charge in [-0.05, 0) is 31.4 Å². The van der Waals surface area contributed by atoms with Crippen LogP contribution in [0.15, 0.2) is 52.5 Å². The van der Waals surface area contributed by atoms with Crippen LogP contribution < -0.4 is 5.69 Å². The molecule has 1 aliphatic heterocycles. The van der Waals surface area contributed by atoms with Crippen molar-refractivity contribution in [3.05, 3.63) is 53.7 Å². The molecule has 0 N–H and O–H groups in total. The van der Waals surface area contributed by atoms with E-state index in [9.17, 15) is 4.79 Å². The van der Waals surface area contributed by atoms with Crippen LogP contribution >= 0.6 is 0 Å². The monoisotopic (exact) mass is 457 g/mol. The second-order valence-corrected chi connectivity index (χ2v) is 8.55. The Balaban J connectivity index is 1.65. The quantitative estimate of drug-likeness (QED) is 0.403. The average Bonchev–Trinajstić information content (AvgIpc) is 3.47. The van der Waals surface area contributed by atoms with Crippen molar-refractivity contribution in [2.45, 2.75) is 38.3 Å². The Morgan fingerprint density at radius 2 is 1.97 bits per heavy atom. The number of pyridine rings is 1. The van der Waals surface area contributed by atoms with Gasteiger partial charge in [0, 0.05) is 49.4 Å². The number of nitrogens with zero attached hydrogens (tertiary/aromatic N) is 7. The van der Waals surface area contributed by atoms with Gasteiger partial charge in [0.25, 0.3) is 0 Å². The van der Waals surface area contributed by atoms with E-state index in [-0.39, 0.29) is 17.8 Å². The van der Waals surface area contributed by atoms with Crippen LogP contribution in [0.4, 0.5) is 0 Å². The molecule has 10 heteroatoms. The molecule has 5 aromatic heterocycles. The molecule has 6 heterocycles. The van der Waals surface area contributed by atoms with Gasteiger partial charge in [0.15, 0.2) is 11.2 Å². The summed E-state index contributed by atoms with van der Waals surface area (Å²) in [6.07, 6.45) is 10.8. The third-order valence-electron chi connectivity index (χ3n) is 6.37. The zero-order chi connectivity index (χ0) is 23.2. The van der Waals surface area contributed by atoms with E-state index in [0.717, 1.165) is 24.8 Å². The highest BCUT2D eigenvalue weighted by Crippen LogP contribution is 2.37. The van der Waals surface area contributed by atoms with Crippen molar-refractivity contribution in [2.75, 3.05) is 6.61 Å². The summed E-state index contributed by atoms with van der Waals surface area (Å²) in [7, 11) is 1.82. The molecule has 6 rings (SSSR count). The number of aromatic nitrogens is 7. The summed E-state index contributed by atoms with van der Waals surface area (Å²) < 4.78 is 15.6. The standard InChI is InChI=1S/C24H23N7O3/c1-3-17-8-16(6-7-33-17)31-22-21-19(5-4-18(28-21)14-9-25-13-26-10-14)34-23(22)20(29-24(31)32)15-11-27-30(2)12-15/h4-5,9-13,16-17H,3,6-8H2,1-2H3. The Kier molecular flexibility index (Phi) is 4.95. The van der Waals surface area contributed by atoms with Gasteiger partial charge in [-0.2, -0.15) is 10.1 Å². The number of ether oxygens (including phenoxy) is 1. The summed E-state index contributed by atoms with van der Waals surface area (Å²) in [4.78, 5) is 31.1. The SMILES string of the molecule is CCC1CC(n2c(=O)nc(-c3cnn(C)c3)c3oc4ccc(-c5cncnc5)nc4c32)CCO1. The lowest BCUT2D eigenvalue weighted by atomic mass is 10.0. The molecule has 0 bridgehead atoms. The molecule has 1 saturated heterocycles. The molecular weight excluding hydrogens is 434 g/mol. The van der Waals surface area contributed by atoms with Crippen molar-refractivity contribution < 1.29 is 9.15 Å². The first-order valence-corrected chi connectivity index (χ1v) is 11.3. The van der Waals surface area contributed by atoms with Gasteiger partial charge >= 0.3 is 5.69 Å². The Morgan fingerprint density at radius 3 is 2.74 bits per heavy atom. The minimum absolute atomic E-state index is 0.0598. The fraction of sp³-hybridized carbons (Fsp3) is 0.333. The number of hydrogen-bond donors (Lipinski definition) is 0. The first-order chi connectivity index (χ1) is 16.6. The van der Waals surface area contributed by atoms with Crippen molar-refractivity contribution in [2.24, 2.45) is 7.05 Å². The van der Waals surface area contributed by atoms with E-state index in [0.29, 0.717) is 45.8 Å². The predicted molar refractivity (Wildman–Crippen MR) is 125 cm³/mol. The molecule has 10 nitrogen and oxygen atoms in total. The summed E-state index contributed by atoms with van der Waals surface area (Å²) in [5.41, 5.74) is 4.70. The van der Waals surface area contributed by atoms with Crippen molar-refractivity contribution in [1.82, 2.24) is 34.3 Å². The molecule has 0 aliphatic carbocycles. The fourth-order valence-electron chi connectivity index (χ4n) is 4.69. The minimum atomic E-state index is -0.328. The van der Waals surface area contributed by atoms with Crippen molar-refractivity contribution in [3.8, 4) is 22.5 Å². The van der Waals surface area contributed by atoms with Crippen LogP contribution in [0.5, 0.6) is 0 Å². The fourth-order valence-corrected chi connectivity index (χ4v) is 4.69. The molecule has 1 fully saturated rings. The van der Waals surface area contributed by atoms with E-state index in [2.05, 4.69) is 27.0 Å². The summed E-state index contributed by atoms with van der Waals surface area (Å²) in [5, 5.41) is 4.25. The first-order valence-electron chi connectivity index (χ1n) is 11.3. The summed E-state index contributed by atoms with van der Waals surface area (Å²) in [6, 6.07) is 3.67. The lowest BCUT2D eigenvalue weighted by molar-refractivity contribution is -0.00710. The number of rotatable bonds is 4. The van der Waals surface area contributed by atoms with Gasteiger partial charge in [-0.1, -0.05) is 6.92 Å². The van der Waals surface area contributed by atoms with Crippen molar-refractivity contribution >= 4 is 22.2 Å². The molecule has 0 saturated carbocycles. The number of hydrogen-bond acceptors (Lipinski definition) is 8. The third-order valence-corrected chi connectivity index (χ3v) is 6.37. The zero-order valence-electron chi connectivity index (χ0n) is 18.9. The first kappa shape index (κ1) is 20.7. The third kappa shape index (κ3) is 3.38. The second kappa shape index (κ2) is 8.14. The summed E-state index contributed by atoms with van der Waals surface area (Å²) in [6.45, 7) is 2.69. The predicted octanol–water partition coefficient (Wildman–Crippen LogP) is 3.53. The maximum atomic E-state index is 13.5. The van der Waals surface area contributed by atoms with Gasteiger partial charge < -0.3 is 9.15 Å². The van der Waals surface area contributed by atoms with Crippen LogP contribution in [-0.4, -0.2) is 47.0 Å². The molecule has 34 heavy (non-hydrogen) atoms. The molecule has 172 valence electrons. The summed E-state index contributed by atoms with van der Waals surface area (Å²) >= 11 is 0. The number of furan rings is 1. The molecule has 0 radical (unpaired) electrons. The number of aryl methyl sites for hydroxylation is 1. The zero-order valence-corrected chi connectivity index (χ0v) is 18.9.